The van der Waals surface area contributed by atoms with Crippen LogP contribution < -0.4 is 21.7 Å². The standard InChI is InChI=1S/C23H32N4O9S/c1-37-10-9-15(21(33)26-16(23(35)36)7-8-18(28)29)25-22(34)17(12-19(30)31)27-20(32)14(24)11-13-5-3-2-4-6-13/h2-6,14-17H,7-12,24H2,1H3,(H,25,34)(H,26,33)(H,27,32)(H,28,29)(H,30,31)(H,35,36). The van der Waals surface area contributed by atoms with Crippen LogP contribution in [0, 0.1) is 0 Å². The Hall–Kier alpha value is -3.65. The van der Waals surface area contributed by atoms with E-state index in [0.29, 0.717) is 5.75 Å². The molecule has 8 N–H and O–H groups in total. The van der Waals surface area contributed by atoms with Crippen molar-refractivity contribution in [3.8, 4) is 0 Å². The second-order valence-electron chi connectivity index (χ2n) is 8.13. The Morgan fingerprint density at radius 1 is 0.811 bits per heavy atom. The molecule has 0 fully saturated rings. The molecule has 14 heteroatoms. The lowest BCUT2D eigenvalue weighted by molar-refractivity contribution is -0.144. The fourth-order valence-corrected chi connectivity index (χ4v) is 3.67. The van der Waals surface area contributed by atoms with E-state index in [4.69, 9.17) is 10.8 Å². The molecule has 0 bridgehead atoms. The Morgan fingerprint density at radius 2 is 1.38 bits per heavy atom. The van der Waals surface area contributed by atoms with Crippen molar-refractivity contribution in [2.24, 2.45) is 5.73 Å². The summed E-state index contributed by atoms with van der Waals surface area (Å²) in [5.74, 6) is -6.33. The van der Waals surface area contributed by atoms with E-state index < -0.39 is 72.6 Å². The average Bonchev–Trinajstić information content (AvgIpc) is 2.83. The maximum atomic E-state index is 12.9. The Kier molecular flexibility index (Phi) is 13.7. The lowest BCUT2D eigenvalue weighted by atomic mass is 10.0. The van der Waals surface area contributed by atoms with Gasteiger partial charge < -0.3 is 37.0 Å². The highest BCUT2D eigenvalue weighted by Gasteiger charge is 2.31. The van der Waals surface area contributed by atoms with Gasteiger partial charge in [0.25, 0.3) is 0 Å². The molecule has 4 unspecified atom stereocenters. The van der Waals surface area contributed by atoms with Crippen LogP contribution in [0.5, 0.6) is 0 Å². The zero-order chi connectivity index (χ0) is 28.0. The van der Waals surface area contributed by atoms with Crippen LogP contribution in [0.15, 0.2) is 30.3 Å². The molecule has 0 aromatic heterocycles. The molecule has 0 saturated carbocycles. The number of hydrogen-bond acceptors (Lipinski definition) is 8. The number of thioether (sulfide) groups is 1. The molecule has 1 aromatic carbocycles. The van der Waals surface area contributed by atoms with Gasteiger partial charge in [-0.05, 0) is 36.8 Å². The maximum absolute atomic E-state index is 12.9. The van der Waals surface area contributed by atoms with Crippen molar-refractivity contribution in [1.29, 1.82) is 0 Å². The third-order valence-electron chi connectivity index (χ3n) is 5.15. The van der Waals surface area contributed by atoms with Crippen molar-refractivity contribution < 1.29 is 44.1 Å². The minimum atomic E-state index is -1.56. The molecule has 4 atom stereocenters. The predicted octanol–water partition coefficient (Wildman–Crippen LogP) is -0.812. The Bertz CT molecular complexity index is 961. The molecule has 1 rings (SSSR count). The SMILES string of the molecule is CSCCC(NC(=O)C(CC(=O)O)NC(=O)C(N)Cc1ccccc1)C(=O)NC(CCC(=O)O)C(=O)O. The van der Waals surface area contributed by atoms with Crippen LogP contribution in [-0.4, -0.2) is 87.1 Å². The summed E-state index contributed by atoms with van der Waals surface area (Å²) in [4.78, 5) is 71.8. The topological polar surface area (TPSA) is 225 Å². The van der Waals surface area contributed by atoms with Crippen LogP contribution >= 0.6 is 11.8 Å². The van der Waals surface area contributed by atoms with Gasteiger partial charge in [-0.1, -0.05) is 30.3 Å². The van der Waals surface area contributed by atoms with Crippen LogP contribution in [0.25, 0.3) is 0 Å². The molecule has 0 aliphatic carbocycles. The number of nitrogens with one attached hydrogen (secondary N) is 3. The monoisotopic (exact) mass is 540 g/mol. The highest BCUT2D eigenvalue weighted by Crippen LogP contribution is 2.07. The van der Waals surface area contributed by atoms with E-state index in [9.17, 15) is 39.0 Å². The largest absolute Gasteiger partial charge is 0.481 e. The zero-order valence-corrected chi connectivity index (χ0v) is 21.0. The van der Waals surface area contributed by atoms with Gasteiger partial charge in [0, 0.05) is 6.42 Å². The second kappa shape index (κ2) is 16.2. The van der Waals surface area contributed by atoms with Crippen LogP contribution in [0.2, 0.25) is 0 Å². The molecule has 0 saturated heterocycles. The number of amides is 3. The number of benzene rings is 1. The van der Waals surface area contributed by atoms with E-state index in [0.717, 1.165) is 5.56 Å². The van der Waals surface area contributed by atoms with Gasteiger partial charge in [0.05, 0.1) is 12.5 Å². The van der Waals surface area contributed by atoms with Gasteiger partial charge in [-0.2, -0.15) is 11.8 Å². The fraction of sp³-hybridized carbons (Fsp3) is 0.478. The predicted molar refractivity (Wildman–Crippen MR) is 134 cm³/mol. The number of hydrogen-bond donors (Lipinski definition) is 7. The molecule has 13 nitrogen and oxygen atoms in total. The summed E-state index contributed by atoms with van der Waals surface area (Å²) in [6.07, 6.45) is 0.269. The van der Waals surface area contributed by atoms with E-state index in [1.165, 1.54) is 11.8 Å². The number of carboxylic acid groups (broad SMARTS) is 3. The van der Waals surface area contributed by atoms with E-state index in [1.807, 2.05) is 0 Å². The summed E-state index contributed by atoms with van der Waals surface area (Å²) in [7, 11) is 0. The third-order valence-corrected chi connectivity index (χ3v) is 5.80. The average molecular weight is 541 g/mol. The van der Waals surface area contributed by atoms with Gasteiger partial charge in [0.2, 0.25) is 17.7 Å². The van der Waals surface area contributed by atoms with Crippen LogP contribution in [0.1, 0.15) is 31.2 Å². The lowest BCUT2D eigenvalue weighted by Gasteiger charge is -2.24. The van der Waals surface area contributed by atoms with E-state index in [-0.39, 0.29) is 19.3 Å². The summed E-state index contributed by atoms with van der Waals surface area (Å²) in [6.45, 7) is 0. The Morgan fingerprint density at radius 3 is 1.92 bits per heavy atom. The molecule has 0 aliphatic heterocycles. The number of carbonyl (C=O) groups excluding carboxylic acids is 3. The minimum absolute atomic E-state index is 0.0608. The summed E-state index contributed by atoms with van der Waals surface area (Å²) in [6, 6.07) is 3.41. The van der Waals surface area contributed by atoms with E-state index >= 15 is 0 Å². The number of aliphatic carboxylic acids is 3. The third kappa shape index (κ3) is 12.2. The molecule has 3 amide bonds. The minimum Gasteiger partial charge on any atom is -0.481 e. The molecular formula is C23H32N4O9S. The Balaban J connectivity index is 2.94. The summed E-state index contributed by atoms with van der Waals surface area (Å²) in [5.41, 5.74) is 6.68. The van der Waals surface area contributed by atoms with Gasteiger partial charge >= 0.3 is 17.9 Å². The molecule has 0 spiro atoms. The molecular weight excluding hydrogens is 508 g/mol. The van der Waals surface area contributed by atoms with Crippen molar-refractivity contribution in [2.75, 3.05) is 12.0 Å². The van der Waals surface area contributed by atoms with Crippen molar-refractivity contribution in [1.82, 2.24) is 16.0 Å². The first-order valence-corrected chi connectivity index (χ1v) is 12.7. The van der Waals surface area contributed by atoms with E-state index in [2.05, 4.69) is 16.0 Å². The zero-order valence-electron chi connectivity index (χ0n) is 20.2. The summed E-state index contributed by atoms with van der Waals surface area (Å²) in [5, 5.41) is 34.2. The van der Waals surface area contributed by atoms with Gasteiger partial charge in [-0.25, -0.2) is 4.79 Å². The van der Waals surface area contributed by atoms with Crippen LogP contribution in [0.4, 0.5) is 0 Å². The van der Waals surface area contributed by atoms with E-state index in [1.54, 1.807) is 36.6 Å². The van der Waals surface area contributed by atoms with Gasteiger partial charge in [0.15, 0.2) is 0 Å². The van der Waals surface area contributed by atoms with Crippen molar-refractivity contribution in [3.05, 3.63) is 35.9 Å². The smallest absolute Gasteiger partial charge is 0.326 e. The highest BCUT2D eigenvalue weighted by atomic mass is 32.2. The Labute approximate surface area is 217 Å². The van der Waals surface area contributed by atoms with Crippen LogP contribution in [0.3, 0.4) is 0 Å². The molecule has 0 aliphatic rings. The summed E-state index contributed by atoms with van der Waals surface area (Å²) >= 11 is 1.34. The molecule has 37 heavy (non-hydrogen) atoms. The number of carbonyl (C=O) groups is 6. The lowest BCUT2D eigenvalue weighted by Crippen LogP contribution is -2.57. The number of carboxylic acids is 3. The summed E-state index contributed by atoms with van der Waals surface area (Å²) < 4.78 is 0. The number of nitrogens with two attached hydrogens (primary N) is 1. The van der Waals surface area contributed by atoms with Gasteiger partial charge in [0.1, 0.15) is 18.1 Å². The highest BCUT2D eigenvalue weighted by molar-refractivity contribution is 7.98. The van der Waals surface area contributed by atoms with Crippen LogP contribution in [-0.2, 0) is 35.2 Å². The first-order chi connectivity index (χ1) is 17.4. The molecule has 204 valence electrons. The first-order valence-electron chi connectivity index (χ1n) is 11.3. The molecule has 1 aromatic rings. The fourth-order valence-electron chi connectivity index (χ4n) is 3.20. The first kappa shape index (κ1) is 31.4. The number of rotatable bonds is 17. The normalized spacial score (nSPS) is 13.9. The molecule has 0 radical (unpaired) electrons. The maximum Gasteiger partial charge on any atom is 0.326 e. The van der Waals surface area contributed by atoms with Gasteiger partial charge in [-0.3, -0.25) is 24.0 Å². The van der Waals surface area contributed by atoms with Crippen molar-refractivity contribution in [2.45, 2.75) is 56.3 Å². The van der Waals surface area contributed by atoms with Gasteiger partial charge in [-0.15, -0.1) is 0 Å². The quantitative estimate of drug-likeness (QED) is 0.129. The van der Waals surface area contributed by atoms with Crippen molar-refractivity contribution >= 4 is 47.4 Å². The molecule has 0 heterocycles. The van der Waals surface area contributed by atoms with Crippen molar-refractivity contribution in [3.63, 3.8) is 0 Å². The second-order valence-corrected chi connectivity index (χ2v) is 9.12.